The summed E-state index contributed by atoms with van der Waals surface area (Å²) < 4.78 is 20.0. The molecule has 3 aliphatic heterocycles. The van der Waals surface area contributed by atoms with Crippen LogP contribution >= 0.6 is 0 Å². The number of aromatic nitrogens is 1. The third-order valence-corrected chi connectivity index (χ3v) is 11.1. The lowest BCUT2D eigenvalue weighted by atomic mass is 9.83. The van der Waals surface area contributed by atoms with E-state index in [-0.39, 0.29) is 24.5 Å². The number of nitrogens with zero attached hydrogens (tertiary/aromatic N) is 5. The molecule has 3 aliphatic rings. The van der Waals surface area contributed by atoms with Gasteiger partial charge in [0.2, 0.25) is 0 Å². The Morgan fingerprint density at radius 2 is 1.91 bits per heavy atom. The maximum absolute atomic E-state index is 14.4. The molecule has 1 aromatic carbocycles. The van der Waals surface area contributed by atoms with Gasteiger partial charge in [-0.1, -0.05) is 32.6 Å². The van der Waals surface area contributed by atoms with Crippen LogP contribution in [0.2, 0.25) is 0 Å². The van der Waals surface area contributed by atoms with Gasteiger partial charge in [-0.25, -0.2) is 10.2 Å². The molecule has 2 amide bonds. The van der Waals surface area contributed by atoms with Crippen molar-refractivity contribution >= 4 is 40.7 Å². The van der Waals surface area contributed by atoms with Crippen LogP contribution in [0.4, 0.5) is 4.79 Å². The number of hydrogen-bond acceptors (Lipinski definition) is 9. The number of carbonyl (C=O) groups excluding carboxylic acids is 3. The number of amides is 2. The van der Waals surface area contributed by atoms with Crippen LogP contribution in [0.15, 0.2) is 41.5 Å². The van der Waals surface area contributed by atoms with Gasteiger partial charge in [-0.05, 0) is 109 Å². The Morgan fingerprint density at radius 1 is 1.18 bits per heavy atom. The molecule has 2 fully saturated rings. The summed E-state index contributed by atoms with van der Waals surface area (Å²) in [6.07, 6.45) is 6.59. The molecule has 55 heavy (non-hydrogen) atoms. The predicted molar refractivity (Wildman–Crippen MR) is 218 cm³/mol. The minimum absolute atomic E-state index is 0.180. The Kier molecular flexibility index (Phi) is 13.4. The lowest BCUT2D eigenvalue weighted by Crippen LogP contribution is -2.62. The van der Waals surface area contributed by atoms with Crippen molar-refractivity contribution in [2.75, 3.05) is 46.9 Å². The normalized spacial score (nSPS) is 24.9. The number of aryl methyl sites for hydroxylation is 1. The summed E-state index contributed by atoms with van der Waals surface area (Å²) >= 11 is 0. The number of aliphatic imine (C=N–C) groups is 1. The average Bonchev–Trinajstić information content (AvgIpc) is 3.45. The molecule has 302 valence electrons. The zero-order valence-corrected chi connectivity index (χ0v) is 34.9. The second-order valence-electron chi connectivity index (χ2n) is 17.1. The highest BCUT2D eigenvalue weighted by Crippen LogP contribution is 2.40. The molecule has 4 heterocycles. The lowest BCUT2D eigenvalue weighted by Gasteiger charge is -2.41. The second-order valence-corrected chi connectivity index (χ2v) is 17.1. The van der Waals surface area contributed by atoms with Crippen LogP contribution in [-0.4, -0.2) is 114 Å². The number of methoxy groups -OCH3 is 1. The number of esters is 1. The number of nitrogens with one attached hydrogen (secondary N) is 1. The first-order chi connectivity index (χ1) is 26.0. The number of fused-ring (bicyclic) bond motifs is 6. The van der Waals surface area contributed by atoms with E-state index < -0.39 is 35.2 Å². The molecule has 6 bridgehead atoms. The Hall–Kier alpha value is -4.00. The molecule has 12 heteroatoms. The molecule has 5 atom stereocenters. The van der Waals surface area contributed by atoms with Crippen molar-refractivity contribution in [1.29, 1.82) is 0 Å². The van der Waals surface area contributed by atoms with Gasteiger partial charge in [0.05, 0.1) is 24.1 Å². The van der Waals surface area contributed by atoms with E-state index >= 15 is 0 Å². The molecular weight excluding hydrogens is 697 g/mol. The molecule has 0 radical (unpaired) electrons. The number of benzene rings is 1. The van der Waals surface area contributed by atoms with Crippen molar-refractivity contribution < 1.29 is 28.6 Å². The van der Waals surface area contributed by atoms with E-state index in [0.717, 1.165) is 65.9 Å². The standard InChI is InChI=1S/C43H64N6O6/c1-12-31(37(44-13-2)28(4)53-11)38-33-24-43(8,9)27-54-40(51)34-18-16-22-49(45-34)39(50)36(46(10)41(52)55-42(5,6)7)26-47-21-15-17-30(25-47)29-19-20-35(32(33)23-29)48(38)14-3/h12-13,19-20,23,28,30,34,36,45H,1,14-18,21-22,24-27H2,2-11H3/b37-31+,44-13?/t28-,30?,34-,36-/m0/s1. The first-order valence-electron chi connectivity index (χ1n) is 20.0. The molecule has 12 nitrogen and oxygen atoms in total. The molecular formula is C43H64N6O6. The molecule has 5 rings (SSSR count). The summed E-state index contributed by atoms with van der Waals surface area (Å²) in [4.78, 5) is 50.1. The van der Waals surface area contributed by atoms with Crippen molar-refractivity contribution in [3.05, 3.63) is 53.4 Å². The zero-order chi connectivity index (χ0) is 40.2. The molecule has 2 saturated heterocycles. The van der Waals surface area contributed by atoms with E-state index in [1.165, 1.54) is 15.5 Å². The number of likely N-dealkylation sites (N-methyl/N-ethyl adjacent to an activating group) is 1. The molecule has 1 N–H and O–H groups in total. The summed E-state index contributed by atoms with van der Waals surface area (Å²) in [5, 5.41) is 2.66. The largest absolute Gasteiger partial charge is 0.464 e. The Labute approximate surface area is 327 Å². The number of allylic oxidation sites excluding steroid dienone is 2. The molecule has 2 unspecified atom stereocenters. The van der Waals surface area contributed by atoms with Crippen molar-refractivity contribution in [2.24, 2.45) is 10.4 Å². The number of cyclic esters (lactones) is 1. The first-order valence-corrected chi connectivity index (χ1v) is 20.0. The van der Waals surface area contributed by atoms with Crippen LogP contribution in [0, 0.1) is 5.41 Å². The average molecular weight is 761 g/mol. The minimum atomic E-state index is -0.831. The molecule has 0 spiro atoms. The Morgan fingerprint density at radius 3 is 2.56 bits per heavy atom. The van der Waals surface area contributed by atoms with Crippen LogP contribution in [0.5, 0.6) is 0 Å². The van der Waals surface area contributed by atoms with Crippen LogP contribution in [0.25, 0.3) is 16.5 Å². The van der Waals surface area contributed by atoms with Gasteiger partial charge in [0.25, 0.3) is 5.91 Å². The monoisotopic (exact) mass is 760 g/mol. The van der Waals surface area contributed by atoms with E-state index in [2.05, 4.69) is 60.4 Å². The fourth-order valence-corrected chi connectivity index (χ4v) is 8.23. The van der Waals surface area contributed by atoms with Crippen LogP contribution in [-0.2, 0) is 36.8 Å². The topological polar surface area (TPSA) is 118 Å². The summed E-state index contributed by atoms with van der Waals surface area (Å²) in [6, 6.07) is 5.30. The third kappa shape index (κ3) is 9.52. The summed E-state index contributed by atoms with van der Waals surface area (Å²) in [6.45, 7) is 23.2. The molecule has 2 aromatic rings. The number of ether oxygens (including phenoxy) is 3. The van der Waals surface area contributed by atoms with Crippen molar-refractivity contribution in [3.8, 4) is 0 Å². The van der Waals surface area contributed by atoms with Crippen LogP contribution < -0.4 is 5.43 Å². The van der Waals surface area contributed by atoms with Gasteiger partial charge >= 0.3 is 12.1 Å². The van der Waals surface area contributed by atoms with Gasteiger partial charge in [0.15, 0.2) is 0 Å². The van der Waals surface area contributed by atoms with Crippen molar-refractivity contribution in [1.82, 2.24) is 24.8 Å². The molecule has 0 saturated carbocycles. The smallest absolute Gasteiger partial charge is 0.410 e. The van der Waals surface area contributed by atoms with Gasteiger partial charge in [-0.15, -0.1) is 0 Å². The molecule has 0 aliphatic carbocycles. The maximum Gasteiger partial charge on any atom is 0.410 e. The Bertz CT molecular complexity index is 1800. The first kappa shape index (κ1) is 42.1. The Balaban J connectivity index is 1.67. The summed E-state index contributed by atoms with van der Waals surface area (Å²) in [5.41, 5.74) is 8.26. The maximum atomic E-state index is 14.4. The molecule has 1 aromatic heterocycles. The summed E-state index contributed by atoms with van der Waals surface area (Å²) in [5.74, 6) is -0.452. The van der Waals surface area contributed by atoms with Gasteiger partial charge in [0.1, 0.15) is 17.7 Å². The fourth-order valence-electron chi connectivity index (χ4n) is 8.23. The third-order valence-electron chi connectivity index (χ3n) is 11.1. The highest BCUT2D eigenvalue weighted by Gasteiger charge is 2.39. The lowest BCUT2D eigenvalue weighted by molar-refractivity contribution is -0.156. The number of rotatable bonds is 7. The van der Waals surface area contributed by atoms with Gasteiger partial charge in [-0.2, -0.15) is 0 Å². The van der Waals surface area contributed by atoms with Crippen LogP contribution in [0.1, 0.15) is 104 Å². The number of hydrazine groups is 1. The van der Waals surface area contributed by atoms with Gasteiger partial charge in [0, 0.05) is 68.4 Å². The quantitative estimate of drug-likeness (QED) is 0.188. The van der Waals surface area contributed by atoms with Crippen molar-refractivity contribution in [3.63, 3.8) is 0 Å². The SMILES string of the molecule is C=C/C(=C(\N=CC)[C@H](C)OC)c1c2c3cc(ccc3n1CC)C1CCCN(C1)C[C@H](N(C)C(=O)OC(C)(C)C)C(=O)N1CCC[C@H](N1)C(=O)OCC(C)(C)C2. The number of hydrogen-bond donors (Lipinski definition) is 1. The van der Waals surface area contributed by atoms with Crippen molar-refractivity contribution in [2.45, 2.75) is 124 Å². The fraction of sp³-hybridized carbons (Fsp3) is 0.628. The van der Waals surface area contributed by atoms with Gasteiger partial charge in [-0.3, -0.25) is 24.5 Å². The number of piperidine rings is 1. The second kappa shape index (κ2) is 17.4. The van der Waals surface area contributed by atoms with E-state index in [1.807, 2.05) is 40.7 Å². The van der Waals surface area contributed by atoms with E-state index in [0.29, 0.717) is 32.4 Å². The van der Waals surface area contributed by atoms with Crippen LogP contribution in [0.3, 0.4) is 0 Å². The summed E-state index contributed by atoms with van der Waals surface area (Å²) in [7, 11) is 3.32. The zero-order valence-electron chi connectivity index (χ0n) is 34.9. The highest BCUT2D eigenvalue weighted by molar-refractivity contribution is 5.94. The predicted octanol–water partition coefficient (Wildman–Crippen LogP) is 6.72. The number of carbonyl (C=O) groups is 3. The van der Waals surface area contributed by atoms with Gasteiger partial charge < -0.3 is 23.7 Å². The van der Waals surface area contributed by atoms with E-state index in [9.17, 15) is 14.4 Å². The minimum Gasteiger partial charge on any atom is -0.464 e. The highest BCUT2D eigenvalue weighted by atomic mass is 16.6. The van der Waals surface area contributed by atoms with E-state index in [1.54, 1.807) is 20.4 Å². The van der Waals surface area contributed by atoms with E-state index in [4.69, 9.17) is 19.2 Å².